The summed E-state index contributed by atoms with van der Waals surface area (Å²) >= 11 is 0. The molecule has 1 aromatic heterocycles. The van der Waals surface area contributed by atoms with Crippen LogP contribution in [0.2, 0.25) is 0 Å². The fourth-order valence-electron chi connectivity index (χ4n) is 2.04. The number of aryl methyl sites for hydroxylation is 1. The maximum Gasteiger partial charge on any atom is 0.339 e. The van der Waals surface area contributed by atoms with E-state index in [0.717, 1.165) is 16.5 Å². The smallest absolute Gasteiger partial charge is 0.339 e. The van der Waals surface area contributed by atoms with Crippen molar-refractivity contribution in [3.8, 4) is 11.8 Å². The van der Waals surface area contributed by atoms with E-state index in [2.05, 4.69) is 9.97 Å². The largest absolute Gasteiger partial charge is 0.478 e. The van der Waals surface area contributed by atoms with Gasteiger partial charge in [-0.1, -0.05) is 24.3 Å². The van der Waals surface area contributed by atoms with E-state index in [1.807, 2.05) is 31.2 Å². The molecule has 2 aromatic carbocycles. The van der Waals surface area contributed by atoms with Crippen LogP contribution in [-0.2, 0) is 0 Å². The number of carboxylic acids is 1. The molecular formula is C16H12N2O3. The normalized spacial score (nSPS) is 10.5. The first-order valence-electron chi connectivity index (χ1n) is 6.37. The molecule has 0 bridgehead atoms. The summed E-state index contributed by atoms with van der Waals surface area (Å²) in [5.41, 5.74) is 0.830. The Kier molecular flexibility index (Phi) is 3.23. The molecule has 1 heterocycles. The molecule has 3 aromatic rings. The van der Waals surface area contributed by atoms with Gasteiger partial charge in [0, 0.05) is 11.9 Å². The predicted octanol–water partition coefficient (Wildman–Crippen LogP) is 3.43. The van der Waals surface area contributed by atoms with Crippen LogP contribution < -0.4 is 4.74 Å². The SMILES string of the molecule is Cc1ccnc(Oc2cc3ccccc3cc2C(=O)O)n1. The minimum Gasteiger partial charge on any atom is -0.478 e. The molecular weight excluding hydrogens is 268 g/mol. The second kappa shape index (κ2) is 5.20. The first-order valence-corrected chi connectivity index (χ1v) is 6.37. The summed E-state index contributed by atoms with van der Waals surface area (Å²) in [5, 5.41) is 11.1. The van der Waals surface area contributed by atoms with Gasteiger partial charge in [0.15, 0.2) is 0 Å². The molecule has 0 aliphatic carbocycles. The Labute approximate surface area is 120 Å². The van der Waals surface area contributed by atoms with E-state index in [4.69, 9.17) is 4.74 Å². The molecule has 0 unspecified atom stereocenters. The van der Waals surface area contributed by atoms with Gasteiger partial charge in [0.05, 0.1) is 0 Å². The lowest BCUT2D eigenvalue weighted by atomic mass is 10.1. The standard InChI is InChI=1S/C16H12N2O3/c1-10-6-7-17-16(18-10)21-14-9-12-5-3-2-4-11(12)8-13(14)15(19)20/h2-9H,1H3,(H,19,20). The zero-order chi connectivity index (χ0) is 14.8. The third kappa shape index (κ3) is 2.67. The number of aromatic carboxylic acids is 1. The Hall–Kier alpha value is -2.95. The topological polar surface area (TPSA) is 72.3 Å². The van der Waals surface area contributed by atoms with Crippen molar-refractivity contribution in [3.63, 3.8) is 0 Å². The fourth-order valence-corrected chi connectivity index (χ4v) is 2.04. The summed E-state index contributed by atoms with van der Waals surface area (Å²) in [6.07, 6.45) is 1.57. The lowest BCUT2D eigenvalue weighted by Gasteiger charge is -2.09. The number of nitrogens with zero attached hydrogens (tertiary/aromatic N) is 2. The van der Waals surface area contributed by atoms with Crippen molar-refractivity contribution < 1.29 is 14.6 Å². The highest BCUT2D eigenvalue weighted by atomic mass is 16.5. The lowest BCUT2D eigenvalue weighted by Crippen LogP contribution is -2.02. The minimum absolute atomic E-state index is 0.0822. The van der Waals surface area contributed by atoms with Crippen LogP contribution in [0.15, 0.2) is 48.7 Å². The van der Waals surface area contributed by atoms with Crippen LogP contribution >= 0.6 is 0 Å². The van der Waals surface area contributed by atoms with Gasteiger partial charge in [0.1, 0.15) is 11.3 Å². The summed E-state index contributed by atoms with van der Waals surface area (Å²) < 4.78 is 5.56. The van der Waals surface area contributed by atoms with E-state index in [-0.39, 0.29) is 17.3 Å². The first kappa shape index (κ1) is 13.1. The Bertz CT molecular complexity index is 831. The molecule has 1 N–H and O–H groups in total. The second-order valence-electron chi connectivity index (χ2n) is 4.58. The Balaban J connectivity index is 2.11. The molecule has 0 spiro atoms. The number of aromatic nitrogens is 2. The summed E-state index contributed by atoms with van der Waals surface area (Å²) in [6, 6.07) is 12.6. The molecule has 0 saturated carbocycles. The Morgan fingerprint density at radius 1 is 1.14 bits per heavy atom. The zero-order valence-electron chi connectivity index (χ0n) is 11.3. The summed E-state index contributed by atoms with van der Waals surface area (Å²) in [6.45, 7) is 1.81. The van der Waals surface area contributed by atoms with Crippen LogP contribution in [0.3, 0.4) is 0 Å². The van der Waals surface area contributed by atoms with Crippen molar-refractivity contribution >= 4 is 16.7 Å². The zero-order valence-corrected chi connectivity index (χ0v) is 11.3. The van der Waals surface area contributed by atoms with Gasteiger partial charge in [0.2, 0.25) is 0 Å². The molecule has 5 nitrogen and oxygen atoms in total. The second-order valence-corrected chi connectivity index (χ2v) is 4.58. The molecule has 0 atom stereocenters. The number of ether oxygens (including phenoxy) is 1. The number of hydrogen-bond donors (Lipinski definition) is 1. The van der Waals surface area contributed by atoms with Crippen molar-refractivity contribution in [2.45, 2.75) is 6.92 Å². The van der Waals surface area contributed by atoms with Crippen molar-refractivity contribution in [3.05, 3.63) is 59.9 Å². The van der Waals surface area contributed by atoms with Gasteiger partial charge in [-0.3, -0.25) is 0 Å². The first-order chi connectivity index (χ1) is 10.1. The maximum absolute atomic E-state index is 11.4. The molecule has 0 fully saturated rings. The van der Waals surface area contributed by atoms with Crippen molar-refractivity contribution in [1.82, 2.24) is 9.97 Å². The lowest BCUT2D eigenvalue weighted by molar-refractivity contribution is 0.0694. The van der Waals surface area contributed by atoms with Gasteiger partial charge in [0.25, 0.3) is 0 Å². The van der Waals surface area contributed by atoms with Crippen molar-refractivity contribution in [1.29, 1.82) is 0 Å². The minimum atomic E-state index is -1.05. The van der Waals surface area contributed by atoms with Crippen molar-refractivity contribution in [2.75, 3.05) is 0 Å². The van der Waals surface area contributed by atoms with E-state index in [0.29, 0.717) is 0 Å². The monoisotopic (exact) mass is 280 g/mol. The summed E-state index contributed by atoms with van der Waals surface area (Å²) in [5.74, 6) is -0.824. The number of carboxylic acid groups (broad SMARTS) is 1. The fraction of sp³-hybridized carbons (Fsp3) is 0.0625. The Morgan fingerprint density at radius 2 is 1.86 bits per heavy atom. The van der Waals surface area contributed by atoms with Crippen LogP contribution in [-0.4, -0.2) is 21.0 Å². The highest BCUT2D eigenvalue weighted by Crippen LogP contribution is 2.28. The molecule has 104 valence electrons. The average Bonchev–Trinajstić information content (AvgIpc) is 2.46. The quantitative estimate of drug-likeness (QED) is 0.795. The van der Waals surface area contributed by atoms with Gasteiger partial charge < -0.3 is 9.84 Å². The highest BCUT2D eigenvalue weighted by Gasteiger charge is 2.14. The third-order valence-electron chi connectivity index (χ3n) is 3.05. The maximum atomic E-state index is 11.4. The number of rotatable bonds is 3. The molecule has 0 saturated heterocycles. The molecule has 0 aliphatic heterocycles. The van der Waals surface area contributed by atoms with Crippen LogP contribution in [0.4, 0.5) is 0 Å². The predicted molar refractivity (Wildman–Crippen MR) is 77.8 cm³/mol. The molecule has 0 aliphatic rings. The van der Waals surface area contributed by atoms with Gasteiger partial charge in [-0.25, -0.2) is 14.8 Å². The van der Waals surface area contributed by atoms with Gasteiger partial charge in [-0.15, -0.1) is 0 Å². The molecule has 5 heteroatoms. The Morgan fingerprint density at radius 3 is 2.52 bits per heavy atom. The van der Waals surface area contributed by atoms with Gasteiger partial charge >= 0.3 is 12.0 Å². The summed E-state index contributed by atoms with van der Waals surface area (Å²) in [4.78, 5) is 19.5. The van der Waals surface area contributed by atoms with Crippen LogP contribution in [0, 0.1) is 6.92 Å². The number of fused-ring (bicyclic) bond motifs is 1. The number of hydrogen-bond acceptors (Lipinski definition) is 4. The molecule has 0 radical (unpaired) electrons. The van der Waals surface area contributed by atoms with Gasteiger partial charge in [-0.2, -0.15) is 0 Å². The molecule has 3 rings (SSSR count). The third-order valence-corrected chi connectivity index (χ3v) is 3.05. The van der Waals surface area contributed by atoms with E-state index in [1.165, 1.54) is 0 Å². The van der Waals surface area contributed by atoms with Crippen LogP contribution in [0.5, 0.6) is 11.8 Å². The summed E-state index contributed by atoms with van der Waals surface area (Å²) in [7, 11) is 0. The number of carbonyl (C=O) groups is 1. The molecule has 0 amide bonds. The van der Waals surface area contributed by atoms with Gasteiger partial charge in [-0.05, 0) is 35.9 Å². The van der Waals surface area contributed by atoms with Crippen LogP contribution in [0.1, 0.15) is 16.1 Å². The number of benzene rings is 2. The van der Waals surface area contributed by atoms with E-state index in [9.17, 15) is 9.90 Å². The molecule has 21 heavy (non-hydrogen) atoms. The van der Waals surface area contributed by atoms with E-state index < -0.39 is 5.97 Å². The van der Waals surface area contributed by atoms with Crippen LogP contribution in [0.25, 0.3) is 10.8 Å². The van der Waals surface area contributed by atoms with E-state index >= 15 is 0 Å². The average molecular weight is 280 g/mol. The highest BCUT2D eigenvalue weighted by molar-refractivity contribution is 5.97. The van der Waals surface area contributed by atoms with Crippen molar-refractivity contribution in [2.24, 2.45) is 0 Å². The van der Waals surface area contributed by atoms with E-state index in [1.54, 1.807) is 24.4 Å².